The third-order valence-corrected chi connectivity index (χ3v) is 3.11. The standard InChI is InChI=1S/C13H18N4O2/c1-17(13(19)10(14)7-18)5-4-9-2-3-11-12(6-9)16-8-15-11/h2-3,6,8,10,18H,4-5,7,14H2,1H3,(H,15,16). The number of amides is 1. The molecule has 1 aromatic carbocycles. The molecule has 0 saturated heterocycles. The highest BCUT2D eigenvalue weighted by atomic mass is 16.3. The second-order valence-corrected chi connectivity index (χ2v) is 4.55. The van der Waals surface area contributed by atoms with Gasteiger partial charge in [-0.05, 0) is 24.1 Å². The van der Waals surface area contributed by atoms with Crippen LogP contribution in [0.15, 0.2) is 24.5 Å². The van der Waals surface area contributed by atoms with Crippen molar-refractivity contribution < 1.29 is 9.90 Å². The number of benzene rings is 1. The highest BCUT2D eigenvalue weighted by Crippen LogP contribution is 2.12. The second-order valence-electron chi connectivity index (χ2n) is 4.55. The lowest BCUT2D eigenvalue weighted by Crippen LogP contribution is -2.44. The van der Waals surface area contributed by atoms with Crippen LogP contribution in [0.4, 0.5) is 0 Å². The van der Waals surface area contributed by atoms with Gasteiger partial charge in [-0.2, -0.15) is 0 Å². The van der Waals surface area contributed by atoms with Gasteiger partial charge >= 0.3 is 0 Å². The van der Waals surface area contributed by atoms with Crippen LogP contribution in [0.5, 0.6) is 0 Å². The SMILES string of the molecule is CN(CCc1ccc2nc[nH]c2c1)C(=O)C(N)CO. The van der Waals surface area contributed by atoms with Crippen LogP contribution in [-0.4, -0.2) is 52.1 Å². The minimum Gasteiger partial charge on any atom is -0.394 e. The van der Waals surface area contributed by atoms with E-state index in [0.29, 0.717) is 6.54 Å². The fourth-order valence-corrected chi connectivity index (χ4v) is 1.91. The number of likely N-dealkylation sites (N-methyl/N-ethyl adjacent to an activating group) is 1. The molecule has 1 unspecified atom stereocenters. The average molecular weight is 262 g/mol. The number of imidazole rings is 1. The van der Waals surface area contributed by atoms with Crippen molar-refractivity contribution in [3.05, 3.63) is 30.1 Å². The lowest BCUT2D eigenvalue weighted by molar-refractivity contribution is -0.132. The Hall–Kier alpha value is -1.92. The van der Waals surface area contributed by atoms with Crippen LogP contribution in [0.2, 0.25) is 0 Å². The largest absolute Gasteiger partial charge is 0.394 e. The molecule has 6 nitrogen and oxygen atoms in total. The van der Waals surface area contributed by atoms with E-state index in [4.69, 9.17) is 10.8 Å². The van der Waals surface area contributed by atoms with E-state index in [1.807, 2.05) is 18.2 Å². The number of carbonyl (C=O) groups excluding carboxylic acids is 1. The average Bonchev–Trinajstić information content (AvgIpc) is 2.90. The van der Waals surface area contributed by atoms with Crippen LogP contribution in [0.3, 0.4) is 0 Å². The Morgan fingerprint density at radius 3 is 3.11 bits per heavy atom. The van der Waals surface area contributed by atoms with Gasteiger partial charge in [-0.3, -0.25) is 4.79 Å². The summed E-state index contributed by atoms with van der Waals surface area (Å²) in [4.78, 5) is 20.4. The van der Waals surface area contributed by atoms with Crippen LogP contribution in [0, 0.1) is 0 Å². The molecule has 2 rings (SSSR count). The molecule has 0 saturated carbocycles. The topological polar surface area (TPSA) is 95.2 Å². The maximum atomic E-state index is 11.7. The number of aromatic amines is 1. The van der Waals surface area contributed by atoms with E-state index in [-0.39, 0.29) is 12.5 Å². The van der Waals surface area contributed by atoms with Crippen molar-refractivity contribution in [2.45, 2.75) is 12.5 Å². The quantitative estimate of drug-likeness (QED) is 0.700. The summed E-state index contributed by atoms with van der Waals surface area (Å²) in [6.07, 6.45) is 2.39. The zero-order chi connectivity index (χ0) is 13.8. The van der Waals surface area contributed by atoms with Crippen LogP contribution in [0.1, 0.15) is 5.56 Å². The van der Waals surface area contributed by atoms with Gasteiger partial charge in [0.05, 0.1) is 24.0 Å². The summed E-state index contributed by atoms with van der Waals surface area (Å²) in [6.45, 7) is 0.232. The number of nitrogens with two attached hydrogens (primary N) is 1. The number of rotatable bonds is 5. The molecule has 0 aliphatic rings. The molecule has 0 fully saturated rings. The molecule has 0 aliphatic heterocycles. The smallest absolute Gasteiger partial charge is 0.241 e. The molecule has 1 atom stereocenters. The summed E-state index contributed by atoms with van der Waals surface area (Å²) in [7, 11) is 1.69. The molecule has 6 heteroatoms. The summed E-state index contributed by atoms with van der Waals surface area (Å²) in [5.41, 5.74) is 8.52. The van der Waals surface area contributed by atoms with Gasteiger partial charge in [-0.1, -0.05) is 6.07 Å². The number of hydrogen-bond acceptors (Lipinski definition) is 4. The fraction of sp³-hybridized carbons (Fsp3) is 0.385. The van der Waals surface area contributed by atoms with Crippen molar-refractivity contribution in [3.63, 3.8) is 0 Å². The normalized spacial score (nSPS) is 12.6. The Morgan fingerprint density at radius 2 is 2.37 bits per heavy atom. The second kappa shape index (κ2) is 5.81. The maximum Gasteiger partial charge on any atom is 0.241 e. The summed E-state index contributed by atoms with van der Waals surface area (Å²) >= 11 is 0. The third-order valence-electron chi connectivity index (χ3n) is 3.11. The molecule has 0 spiro atoms. The summed E-state index contributed by atoms with van der Waals surface area (Å²) < 4.78 is 0. The van der Waals surface area contributed by atoms with Crippen molar-refractivity contribution in [1.82, 2.24) is 14.9 Å². The van der Waals surface area contributed by atoms with E-state index < -0.39 is 6.04 Å². The van der Waals surface area contributed by atoms with E-state index >= 15 is 0 Å². The van der Waals surface area contributed by atoms with Crippen molar-refractivity contribution in [2.75, 3.05) is 20.2 Å². The zero-order valence-corrected chi connectivity index (χ0v) is 10.8. The first-order valence-corrected chi connectivity index (χ1v) is 6.15. The van der Waals surface area contributed by atoms with E-state index in [1.54, 1.807) is 13.4 Å². The van der Waals surface area contributed by atoms with Crippen molar-refractivity contribution in [3.8, 4) is 0 Å². The van der Waals surface area contributed by atoms with Crippen molar-refractivity contribution in [2.24, 2.45) is 5.73 Å². The molecule has 1 aromatic heterocycles. The Labute approximate surface area is 111 Å². The third kappa shape index (κ3) is 3.10. The molecular weight excluding hydrogens is 244 g/mol. The number of hydrogen-bond donors (Lipinski definition) is 3. The Morgan fingerprint density at radius 1 is 1.58 bits per heavy atom. The maximum absolute atomic E-state index is 11.7. The lowest BCUT2D eigenvalue weighted by atomic mass is 10.1. The molecule has 0 aliphatic carbocycles. The van der Waals surface area contributed by atoms with Crippen LogP contribution in [0.25, 0.3) is 11.0 Å². The number of aliphatic hydroxyl groups excluding tert-OH is 1. The monoisotopic (exact) mass is 262 g/mol. The van der Waals surface area contributed by atoms with E-state index in [1.165, 1.54) is 4.90 Å². The lowest BCUT2D eigenvalue weighted by Gasteiger charge is -2.20. The first-order valence-electron chi connectivity index (χ1n) is 6.15. The number of fused-ring (bicyclic) bond motifs is 1. The van der Waals surface area contributed by atoms with Crippen molar-refractivity contribution >= 4 is 16.9 Å². The summed E-state index contributed by atoms with van der Waals surface area (Å²) in [6, 6.07) is 5.13. The Bertz CT molecular complexity index is 567. The first-order chi connectivity index (χ1) is 9.11. The van der Waals surface area contributed by atoms with Crippen LogP contribution >= 0.6 is 0 Å². The number of carbonyl (C=O) groups is 1. The van der Waals surface area contributed by atoms with Gasteiger partial charge < -0.3 is 20.7 Å². The van der Waals surface area contributed by atoms with Gasteiger partial charge in [0.1, 0.15) is 6.04 Å². The highest BCUT2D eigenvalue weighted by Gasteiger charge is 2.16. The molecule has 19 heavy (non-hydrogen) atoms. The molecule has 102 valence electrons. The highest BCUT2D eigenvalue weighted by molar-refractivity contribution is 5.81. The molecule has 1 heterocycles. The molecule has 1 amide bonds. The first kappa shape index (κ1) is 13.5. The van der Waals surface area contributed by atoms with E-state index in [9.17, 15) is 4.79 Å². The number of aromatic nitrogens is 2. The molecule has 0 bridgehead atoms. The predicted molar refractivity (Wildman–Crippen MR) is 72.5 cm³/mol. The predicted octanol–water partition coefficient (Wildman–Crippen LogP) is -0.117. The fourth-order valence-electron chi connectivity index (χ4n) is 1.91. The summed E-state index contributed by atoms with van der Waals surface area (Å²) in [5, 5.41) is 8.85. The Balaban J connectivity index is 1.96. The van der Waals surface area contributed by atoms with E-state index in [2.05, 4.69) is 9.97 Å². The van der Waals surface area contributed by atoms with E-state index in [0.717, 1.165) is 23.0 Å². The van der Waals surface area contributed by atoms with Crippen molar-refractivity contribution in [1.29, 1.82) is 0 Å². The van der Waals surface area contributed by atoms with Gasteiger partial charge in [0, 0.05) is 13.6 Å². The van der Waals surface area contributed by atoms with Gasteiger partial charge in [0.2, 0.25) is 5.91 Å². The zero-order valence-electron chi connectivity index (χ0n) is 10.8. The molecular formula is C13H18N4O2. The summed E-state index contributed by atoms with van der Waals surface area (Å²) in [5.74, 6) is -0.245. The van der Waals surface area contributed by atoms with Crippen LogP contribution < -0.4 is 5.73 Å². The minimum atomic E-state index is -0.833. The van der Waals surface area contributed by atoms with Gasteiger partial charge in [0.25, 0.3) is 0 Å². The van der Waals surface area contributed by atoms with Gasteiger partial charge in [0.15, 0.2) is 0 Å². The molecule has 4 N–H and O–H groups in total. The number of H-pyrrole nitrogens is 1. The molecule has 2 aromatic rings. The minimum absolute atomic E-state index is 0.245. The number of aliphatic hydroxyl groups is 1. The van der Waals surface area contributed by atoms with Gasteiger partial charge in [-0.25, -0.2) is 4.98 Å². The van der Waals surface area contributed by atoms with Gasteiger partial charge in [-0.15, -0.1) is 0 Å². The molecule has 0 radical (unpaired) electrons. The number of nitrogens with zero attached hydrogens (tertiary/aromatic N) is 2. The Kier molecular flexibility index (Phi) is 4.13. The number of nitrogens with one attached hydrogen (secondary N) is 1. The van der Waals surface area contributed by atoms with Crippen LogP contribution in [-0.2, 0) is 11.2 Å².